The monoisotopic (exact) mass is 304 g/mol. The predicted molar refractivity (Wildman–Crippen MR) is 79.8 cm³/mol. The highest BCUT2D eigenvalue weighted by molar-refractivity contribution is 7.89. The second kappa shape index (κ2) is 6.11. The summed E-state index contributed by atoms with van der Waals surface area (Å²) in [6, 6.07) is 2.72. The lowest BCUT2D eigenvalue weighted by atomic mass is 10.0. The Morgan fingerprint density at radius 1 is 1.37 bits per heavy atom. The van der Waals surface area contributed by atoms with Gasteiger partial charge in [0.05, 0.1) is 4.90 Å². The Labute approximate surface area is 120 Å². The lowest BCUT2D eigenvalue weighted by Crippen LogP contribution is -2.36. The summed E-state index contributed by atoms with van der Waals surface area (Å²) in [6.45, 7) is 7.63. The molecule has 0 fully saturated rings. The van der Waals surface area contributed by atoms with Crippen molar-refractivity contribution >= 4 is 27.3 Å². The fourth-order valence-corrected chi connectivity index (χ4v) is 3.32. The molecular formula is C13H21ClN2O2S. The van der Waals surface area contributed by atoms with Crippen LogP contribution in [0, 0.1) is 12.8 Å². The van der Waals surface area contributed by atoms with E-state index in [4.69, 9.17) is 17.3 Å². The first kappa shape index (κ1) is 16.3. The Bertz CT molecular complexity index is 535. The van der Waals surface area contributed by atoms with Crippen LogP contribution in [-0.4, -0.2) is 14.5 Å². The number of hydrogen-bond acceptors (Lipinski definition) is 3. The van der Waals surface area contributed by atoms with E-state index in [0.717, 1.165) is 6.42 Å². The van der Waals surface area contributed by atoms with Gasteiger partial charge in [0.1, 0.15) is 0 Å². The predicted octanol–water partition coefficient (Wildman–Crippen LogP) is 2.94. The summed E-state index contributed by atoms with van der Waals surface area (Å²) in [7, 11) is -3.59. The van der Waals surface area contributed by atoms with Crippen LogP contribution in [0.25, 0.3) is 0 Å². The lowest BCUT2D eigenvalue weighted by molar-refractivity contribution is 0.434. The molecule has 0 amide bonds. The molecule has 2 unspecified atom stereocenters. The number of nitrogens with one attached hydrogen (secondary N) is 1. The van der Waals surface area contributed by atoms with Gasteiger partial charge in [0.15, 0.2) is 0 Å². The molecule has 0 bridgehead atoms. The Hall–Kier alpha value is -0.780. The molecule has 1 aromatic carbocycles. The molecule has 0 aliphatic heterocycles. The average Bonchev–Trinajstić information content (AvgIpc) is 2.33. The molecular weight excluding hydrogens is 284 g/mol. The summed E-state index contributed by atoms with van der Waals surface area (Å²) in [5.41, 5.74) is 6.83. The van der Waals surface area contributed by atoms with E-state index >= 15 is 0 Å². The van der Waals surface area contributed by atoms with Gasteiger partial charge in [0.25, 0.3) is 0 Å². The van der Waals surface area contributed by atoms with Gasteiger partial charge in [0.2, 0.25) is 10.0 Å². The van der Waals surface area contributed by atoms with Crippen molar-refractivity contribution in [3.8, 4) is 0 Å². The maximum absolute atomic E-state index is 12.3. The third-order valence-corrected chi connectivity index (χ3v) is 5.44. The van der Waals surface area contributed by atoms with Crippen LogP contribution in [0.2, 0.25) is 5.02 Å². The second-order valence-corrected chi connectivity index (χ2v) is 7.04. The first-order valence-corrected chi connectivity index (χ1v) is 8.13. The Balaban J connectivity index is 3.08. The molecule has 1 aromatic rings. The topological polar surface area (TPSA) is 72.2 Å². The van der Waals surface area contributed by atoms with Gasteiger partial charge < -0.3 is 5.73 Å². The van der Waals surface area contributed by atoms with Crippen LogP contribution in [-0.2, 0) is 10.0 Å². The Kier molecular flexibility index (Phi) is 5.24. The minimum atomic E-state index is -3.59. The highest BCUT2D eigenvalue weighted by Gasteiger charge is 2.21. The molecule has 0 saturated heterocycles. The summed E-state index contributed by atoms with van der Waals surface area (Å²) in [4.78, 5) is 0.107. The van der Waals surface area contributed by atoms with Crippen LogP contribution < -0.4 is 10.5 Å². The highest BCUT2D eigenvalue weighted by atomic mass is 35.5. The molecule has 6 heteroatoms. The molecule has 0 aliphatic carbocycles. The van der Waals surface area contributed by atoms with E-state index in [9.17, 15) is 8.42 Å². The third kappa shape index (κ3) is 3.84. The zero-order chi connectivity index (χ0) is 14.8. The maximum Gasteiger partial charge on any atom is 0.240 e. The number of anilines is 1. The van der Waals surface area contributed by atoms with Gasteiger partial charge in [0, 0.05) is 16.8 Å². The number of halogens is 1. The van der Waals surface area contributed by atoms with Crippen LogP contribution in [0.5, 0.6) is 0 Å². The van der Waals surface area contributed by atoms with Gasteiger partial charge in [-0.05, 0) is 37.5 Å². The van der Waals surface area contributed by atoms with Gasteiger partial charge in [-0.1, -0.05) is 31.9 Å². The van der Waals surface area contributed by atoms with E-state index in [1.807, 2.05) is 20.8 Å². The number of benzene rings is 1. The molecule has 0 saturated carbocycles. The van der Waals surface area contributed by atoms with Crippen LogP contribution in [0.3, 0.4) is 0 Å². The molecule has 0 aromatic heterocycles. The average molecular weight is 305 g/mol. The lowest BCUT2D eigenvalue weighted by Gasteiger charge is -2.20. The van der Waals surface area contributed by atoms with Crippen molar-refractivity contribution in [2.24, 2.45) is 5.92 Å². The zero-order valence-corrected chi connectivity index (χ0v) is 13.3. The summed E-state index contributed by atoms with van der Waals surface area (Å²) in [5.74, 6) is 0.257. The SMILES string of the molecule is CCC(C)C(C)NS(=O)(=O)c1cc(N)c(C)c(Cl)c1. The molecule has 0 spiro atoms. The van der Waals surface area contributed by atoms with Crippen molar-refractivity contribution < 1.29 is 8.42 Å². The van der Waals surface area contributed by atoms with Gasteiger partial charge in [-0.3, -0.25) is 0 Å². The third-order valence-electron chi connectivity index (χ3n) is 3.51. The molecule has 4 nitrogen and oxygen atoms in total. The normalized spacial score (nSPS) is 15.2. The van der Waals surface area contributed by atoms with E-state index in [1.165, 1.54) is 12.1 Å². The number of hydrogen-bond donors (Lipinski definition) is 2. The Morgan fingerprint density at radius 2 is 1.95 bits per heavy atom. The zero-order valence-electron chi connectivity index (χ0n) is 11.7. The number of rotatable bonds is 5. The van der Waals surface area contributed by atoms with Crippen molar-refractivity contribution in [2.45, 2.75) is 45.1 Å². The van der Waals surface area contributed by atoms with E-state index < -0.39 is 10.0 Å². The van der Waals surface area contributed by atoms with Crippen LogP contribution >= 0.6 is 11.6 Å². The summed E-state index contributed by atoms with van der Waals surface area (Å²) in [5, 5.41) is 0.358. The molecule has 0 aliphatic rings. The van der Waals surface area contributed by atoms with E-state index in [2.05, 4.69) is 4.72 Å². The largest absolute Gasteiger partial charge is 0.398 e. The van der Waals surface area contributed by atoms with Gasteiger partial charge in [-0.15, -0.1) is 0 Å². The number of nitrogens with two attached hydrogens (primary N) is 1. The molecule has 0 radical (unpaired) electrons. The fourth-order valence-electron chi connectivity index (χ4n) is 1.61. The minimum Gasteiger partial charge on any atom is -0.398 e. The van der Waals surface area contributed by atoms with Crippen molar-refractivity contribution in [1.82, 2.24) is 4.72 Å². The minimum absolute atomic E-state index is 0.107. The quantitative estimate of drug-likeness (QED) is 0.822. The van der Waals surface area contributed by atoms with Crippen LogP contribution in [0.4, 0.5) is 5.69 Å². The summed E-state index contributed by atoms with van der Waals surface area (Å²) in [6.07, 6.45) is 0.903. The van der Waals surface area contributed by atoms with Crippen molar-refractivity contribution in [3.63, 3.8) is 0 Å². The van der Waals surface area contributed by atoms with Crippen molar-refractivity contribution in [3.05, 3.63) is 22.7 Å². The number of sulfonamides is 1. The van der Waals surface area contributed by atoms with Crippen molar-refractivity contribution in [1.29, 1.82) is 0 Å². The fraction of sp³-hybridized carbons (Fsp3) is 0.538. The Morgan fingerprint density at radius 3 is 2.42 bits per heavy atom. The number of nitrogen functional groups attached to an aromatic ring is 1. The standard InChI is InChI=1S/C13H21ClN2O2S/c1-5-8(2)10(4)16-19(17,18)11-6-12(14)9(3)13(15)7-11/h6-8,10,16H,5,15H2,1-4H3. The summed E-state index contributed by atoms with van der Waals surface area (Å²) < 4.78 is 27.2. The highest BCUT2D eigenvalue weighted by Crippen LogP contribution is 2.26. The molecule has 0 heterocycles. The van der Waals surface area contributed by atoms with Crippen LogP contribution in [0.1, 0.15) is 32.8 Å². The first-order chi connectivity index (χ1) is 8.69. The molecule has 108 valence electrons. The molecule has 19 heavy (non-hydrogen) atoms. The van der Waals surface area contributed by atoms with E-state index in [1.54, 1.807) is 6.92 Å². The molecule has 1 rings (SSSR count). The summed E-state index contributed by atoms with van der Waals surface area (Å²) >= 11 is 5.98. The smallest absolute Gasteiger partial charge is 0.240 e. The van der Waals surface area contributed by atoms with E-state index in [-0.39, 0.29) is 16.9 Å². The van der Waals surface area contributed by atoms with Gasteiger partial charge >= 0.3 is 0 Å². The van der Waals surface area contributed by atoms with Gasteiger partial charge in [-0.25, -0.2) is 13.1 Å². The molecule has 2 atom stereocenters. The molecule has 3 N–H and O–H groups in total. The maximum atomic E-state index is 12.3. The van der Waals surface area contributed by atoms with Crippen LogP contribution in [0.15, 0.2) is 17.0 Å². The first-order valence-electron chi connectivity index (χ1n) is 6.27. The van der Waals surface area contributed by atoms with Crippen molar-refractivity contribution in [2.75, 3.05) is 5.73 Å². The second-order valence-electron chi connectivity index (χ2n) is 4.91. The van der Waals surface area contributed by atoms with E-state index in [0.29, 0.717) is 16.3 Å². The van der Waals surface area contributed by atoms with Gasteiger partial charge in [-0.2, -0.15) is 0 Å².